The van der Waals surface area contributed by atoms with E-state index >= 15 is 0 Å². The second kappa shape index (κ2) is 7.67. The molecular weight excluding hydrogens is 248 g/mol. The number of nitrogens with one attached hydrogen (secondary N) is 1. The van der Waals surface area contributed by atoms with E-state index < -0.39 is 5.54 Å². The minimum atomic E-state index is -0.614. The first-order valence-electron chi connectivity index (χ1n) is 7.02. The molecule has 0 bridgehead atoms. The molecule has 1 saturated heterocycles. The third-order valence-electron chi connectivity index (χ3n) is 3.81. The highest BCUT2D eigenvalue weighted by Gasteiger charge is 2.32. The SMILES string of the molecule is CCOC(=O)N1CCC(NC(CC)(CO)CO)CC1. The highest BCUT2D eigenvalue weighted by atomic mass is 16.6. The molecule has 6 nitrogen and oxygen atoms in total. The summed E-state index contributed by atoms with van der Waals surface area (Å²) in [6, 6.07) is 0.213. The first-order chi connectivity index (χ1) is 9.10. The van der Waals surface area contributed by atoms with Crippen molar-refractivity contribution in [3.05, 3.63) is 0 Å². The number of ether oxygens (including phenoxy) is 1. The molecule has 1 amide bonds. The molecule has 1 rings (SSSR count). The number of carbonyl (C=O) groups excluding carboxylic acids is 1. The molecule has 0 atom stereocenters. The molecule has 6 heteroatoms. The van der Waals surface area contributed by atoms with E-state index in [0.29, 0.717) is 26.1 Å². The monoisotopic (exact) mass is 274 g/mol. The topological polar surface area (TPSA) is 82.0 Å². The number of likely N-dealkylation sites (tertiary alicyclic amines) is 1. The Labute approximate surface area is 114 Å². The molecule has 1 heterocycles. The van der Waals surface area contributed by atoms with Crippen LogP contribution in [0.25, 0.3) is 0 Å². The molecular formula is C13H26N2O4. The van der Waals surface area contributed by atoms with E-state index in [2.05, 4.69) is 5.32 Å². The summed E-state index contributed by atoms with van der Waals surface area (Å²) >= 11 is 0. The average molecular weight is 274 g/mol. The first-order valence-corrected chi connectivity index (χ1v) is 7.02. The zero-order valence-electron chi connectivity index (χ0n) is 11.9. The first kappa shape index (κ1) is 16.2. The number of aliphatic hydroxyl groups excluding tert-OH is 2. The quantitative estimate of drug-likeness (QED) is 0.650. The van der Waals surface area contributed by atoms with Crippen molar-refractivity contribution in [2.75, 3.05) is 32.9 Å². The van der Waals surface area contributed by atoms with Gasteiger partial charge in [0.1, 0.15) is 0 Å². The van der Waals surface area contributed by atoms with Crippen LogP contribution in [0.15, 0.2) is 0 Å². The molecule has 0 aromatic heterocycles. The Kier molecular flexibility index (Phi) is 6.54. The number of hydrogen-bond donors (Lipinski definition) is 3. The lowest BCUT2D eigenvalue weighted by Crippen LogP contribution is -2.58. The lowest BCUT2D eigenvalue weighted by molar-refractivity contribution is 0.0598. The molecule has 0 saturated carbocycles. The van der Waals surface area contributed by atoms with Gasteiger partial charge in [0.2, 0.25) is 0 Å². The van der Waals surface area contributed by atoms with Crippen LogP contribution in [0.1, 0.15) is 33.1 Å². The van der Waals surface area contributed by atoms with Gasteiger partial charge in [0.15, 0.2) is 0 Å². The van der Waals surface area contributed by atoms with E-state index in [1.165, 1.54) is 0 Å². The minimum Gasteiger partial charge on any atom is -0.450 e. The van der Waals surface area contributed by atoms with Crippen molar-refractivity contribution in [2.24, 2.45) is 0 Å². The van der Waals surface area contributed by atoms with Gasteiger partial charge in [-0.15, -0.1) is 0 Å². The fourth-order valence-electron chi connectivity index (χ4n) is 2.32. The van der Waals surface area contributed by atoms with E-state index in [1.54, 1.807) is 11.8 Å². The average Bonchev–Trinajstić information content (AvgIpc) is 2.46. The number of rotatable bonds is 6. The summed E-state index contributed by atoms with van der Waals surface area (Å²) < 4.78 is 4.97. The highest BCUT2D eigenvalue weighted by molar-refractivity contribution is 5.67. The molecule has 0 radical (unpaired) electrons. The van der Waals surface area contributed by atoms with Crippen molar-refractivity contribution < 1.29 is 19.7 Å². The molecule has 0 aliphatic carbocycles. The van der Waals surface area contributed by atoms with Crippen LogP contribution in [0, 0.1) is 0 Å². The number of aliphatic hydroxyl groups is 2. The molecule has 0 aromatic rings. The van der Waals surface area contributed by atoms with Crippen molar-refractivity contribution in [3.63, 3.8) is 0 Å². The van der Waals surface area contributed by atoms with Crippen molar-refractivity contribution in [2.45, 2.75) is 44.7 Å². The van der Waals surface area contributed by atoms with Gasteiger partial charge < -0.3 is 25.2 Å². The fraction of sp³-hybridized carbons (Fsp3) is 0.923. The van der Waals surface area contributed by atoms with Crippen LogP contribution in [0.3, 0.4) is 0 Å². The Morgan fingerprint density at radius 1 is 1.32 bits per heavy atom. The smallest absolute Gasteiger partial charge is 0.409 e. The van der Waals surface area contributed by atoms with Crippen LogP contribution in [0.2, 0.25) is 0 Å². The van der Waals surface area contributed by atoms with Crippen molar-refractivity contribution in [1.82, 2.24) is 10.2 Å². The Hall–Kier alpha value is -0.850. The molecule has 0 aromatic carbocycles. The van der Waals surface area contributed by atoms with Crippen molar-refractivity contribution >= 4 is 6.09 Å². The zero-order chi connectivity index (χ0) is 14.3. The highest BCUT2D eigenvalue weighted by Crippen LogP contribution is 2.17. The molecule has 0 spiro atoms. The van der Waals surface area contributed by atoms with Crippen LogP contribution in [-0.4, -0.2) is 65.7 Å². The van der Waals surface area contributed by atoms with E-state index in [0.717, 1.165) is 12.8 Å². The normalized spacial score (nSPS) is 17.6. The Balaban J connectivity index is 2.43. The van der Waals surface area contributed by atoms with Gasteiger partial charge in [-0.05, 0) is 26.2 Å². The number of piperidine rings is 1. The summed E-state index contributed by atoms with van der Waals surface area (Å²) in [5, 5.41) is 22.2. The van der Waals surface area contributed by atoms with E-state index in [9.17, 15) is 15.0 Å². The van der Waals surface area contributed by atoms with Gasteiger partial charge in [-0.25, -0.2) is 4.79 Å². The van der Waals surface area contributed by atoms with E-state index in [4.69, 9.17) is 4.74 Å². The second-order valence-electron chi connectivity index (χ2n) is 5.05. The summed E-state index contributed by atoms with van der Waals surface area (Å²) in [7, 11) is 0. The van der Waals surface area contributed by atoms with Gasteiger partial charge in [-0.1, -0.05) is 6.92 Å². The van der Waals surface area contributed by atoms with E-state index in [-0.39, 0.29) is 25.3 Å². The number of carbonyl (C=O) groups is 1. The Morgan fingerprint density at radius 3 is 2.32 bits per heavy atom. The summed E-state index contributed by atoms with van der Waals surface area (Å²) in [6.45, 7) is 5.25. The second-order valence-corrected chi connectivity index (χ2v) is 5.05. The largest absolute Gasteiger partial charge is 0.450 e. The molecule has 0 unspecified atom stereocenters. The third-order valence-corrected chi connectivity index (χ3v) is 3.81. The molecule has 3 N–H and O–H groups in total. The Bertz CT molecular complexity index is 266. The predicted octanol–water partition coefficient (Wildman–Crippen LogP) is 0.330. The number of hydrogen-bond acceptors (Lipinski definition) is 5. The van der Waals surface area contributed by atoms with Gasteiger partial charge in [0.25, 0.3) is 0 Å². The lowest BCUT2D eigenvalue weighted by atomic mass is 9.94. The van der Waals surface area contributed by atoms with Gasteiger partial charge in [0.05, 0.1) is 25.4 Å². The summed E-state index contributed by atoms with van der Waals surface area (Å²) in [6.07, 6.45) is 2.02. The maximum absolute atomic E-state index is 11.6. The standard InChI is InChI=1S/C13H26N2O4/c1-3-13(9-16,10-17)14-11-5-7-15(8-6-11)12(18)19-4-2/h11,14,16-17H,3-10H2,1-2H3. The predicted molar refractivity (Wildman–Crippen MR) is 71.9 cm³/mol. The number of nitrogens with zero attached hydrogens (tertiary/aromatic N) is 1. The maximum atomic E-state index is 11.6. The van der Waals surface area contributed by atoms with Crippen LogP contribution in [0.4, 0.5) is 4.79 Å². The van der Waals surface area contributed by atoms with Crippen LogP contribution < -0.4 is 5.32 Å². The molecule has 1 aliphatic rings. The van der Waals surface area contributed by atoms with Crippen LogP contribution in [0.5, 0.6) is 0 Å². The summed E-state index contributed by atoms with van der Waals surface area (Å²) in [5.74, 6) is 0. The number of amides is 1. The van der Waals surface area contributed by atoms with Gasteiger partial charge in [0, 0.05) is 19.1 Å². The molecule has 19 heavy (non-hydrogen) atoms. The Morgan fingerprint density at radius 2 is 1.89 bits per heavy atom. The van der Waals surface area contributed by atoms with Gasteiger partial charge in [-0.3, -0.25) is 0 Å². The summed E-state index contributed by atoms with van der Waals surface area (Å²) in [4.78, 5) is 13.3. The van der Waals surface area contributed by atoms with Gasteiger partial charge in [-0.2, -0.15) is 0 Å². The minimum absolute atomic E-state index is 0.0852. The lowest BCUT2D eigenvalue weighted by Gasteiger charge is -2.38. The molecule has 112 valence electrons. The molecule has 1 aliphatic heterocycles. The summed E-state index contributed by atoms with van der Waals surface area (Å²) in [5.41, 5.74) is -0.614. The fourth-order valence-corrected chi connectivity index (χ4v) is 2.32. The van der Waals surface area contributed by atoms with E-state index in [1.807, 2.05) is 6.92 Å². The van der Waals surface area contributed by atoms with Crippen LogP contribution in [-0.2, 0) is 4.74 Å². The van der Waals surface area contributed by atoms with Crippen molar-refractivity contribution in [1.29, 1.82) is 0 Å². The molecule has 1 fully saturated rings. The zero-order valence-corrected chi connectivity index (χ0v) is 11.9. The van der Waals surface area contributed by atoms with Crippen molar-refractivity contribution in [3.8, 4) is 0 Å². The third kappa shape index (κ3) is 4.33. The van der Waals surface area contributed by atoms with Gasteiger partial charge >= 0.3 is 6.09 Å². The maximum Gasteiger partial charge on any atom is 0.409 e. The van der Waals surface area contributed by atoms with Crippen LogP contribution >= 0.6 is 0 Å².